The van der Waals surface area contributed by atoms with Crippen LogP contribution in [0.1, 0.15) is 6.42 Å². The van der Waals surface area contributed by atoms with Gasteiger partial charge < -0.3 is 20.8 Å². The first-order valence-corrected chi connectivity index (χ1v) is 5.10. The van der Waals surface area contributed by atoms with Crippen LogP contribution in [0, 0.1) is 0 Å². The fourth-order valence-corrected chi connectivity index (χ4v) is 1.44. The van der Waals surface area contributed by atoms with Crippen LogP contribution in [-0.2, 0) is 0 Å². The fourth-order valence-electron chi connectivity index (χ4n) is 1.44. The molecule has 0 saturated carbocycles. The molecule has 0 unspecified atom stereocenters. The number of rotatable bonds is 6. The molecule has 84 valence electrons. The van der Waals surface area contributed by atoms with Gasteiger partial charge >= 0.3 is 0 Å². The van der Waals surface area contributed by atoms with Crippen molar-refractivity contribution in [2.45, 2.75) is 6.42 Å². The van der Waals surface area contributed by atoms with Crippen molar-refractivity contribution in [2.24, 2.45) is 0 Å². The van der Waals surface area contributed by atoms with E-state index in [1.165, 1.54) is 0 Å². The Kier molecular flexibility index (Phi) is 4.93. The average Bonchev–Trinajstić information content (AvgIpc) is 2.25. The summed E-state index contributed by atoms with van der Waals surface area (Å²) in [6, 6.07) is 7.50. The zero-order valence-corrected chi connectivity index (χ0v) is 8.76. The van der Waals surface area contributed by atoms with Gasteiger partial charge in [0.05, 0.1) is 6.61 Å². The van der Waals surface area contributed by atoms with Gasteiger partial charge in [-0.3, -0.25) is 0 Å². The van der Waals surface area contributed by atoms with Gasteiger partial charge in [0.1, 0.15) is 0 Å². The summed E-state index contributed by atoms with van der Waals surface area (Å²) in [6.07, 6.45) is 0.699. The second-order valence-corrected chi connectivity index (χ2v) is 3.38. The molecule has 0 aliphatic heterocycles. The molecule has 0 heterocycles. The van der Waals surface area contributed by atoms with Gasteiger partial charge in [0, 0.05) is 31.1 Å². The normalized spacial score (nSPS) is 10.3. The number of aliphatic hydroxyl groups is 2. The lowest BCUT2D eigenvalue weighted by Crippen LogP contribution is -2.28. The van der Waals surface area contributed by atoms with Crippen molar-refractivity contribution in [2.75, 3.05) is 36.9 Å². The van der Waals surface area contributed by atoms with Crippen molar-refractivity contribution in [3.8, 4) is 0 Å². The Morgan fingerprint density at radius 2 is 1.67 bits per heavy atom. The second-order valence-electron chi connectivity index (χ2n) is 3.38. The summed E-state index contributed by atoms with van der Waals surface area (Å²) in [4.78, 5) is 2.02. The number of anilines is 2. The van der Waals surface area contributed by atoms with Gasteiger partial charge in [-0.2, -0.15) is 0 Å². The minimum absolute atomic E-state index is 0.107. The first kappa shape index (κ1) is 11.8. The predicted molar refractivity (Wildman–Crippen MR) is 61.9 cm³/mol. The van der Waals surface area contributed by atoms with Crippen LogP contribution in [0.4, 0.5) is 11.4 Å². The molecular formula is C11H18N2O2. The molecule has 0 atom stereocenters. The first-order valence-electron chi connectivity index (χ1n) is 5.10. The lowest BCUT2D eigenvalue weighted by molar-refractivity contribution is 0.281. The summed E-state index contributed by atoms with van der Waals surface area (Å²) in [5.74, 6) is 0. The van der Waals surface area contributed by atoms with E-state index in [9.17, 15) is 0 Å². The zero-order chi connectivity index (χ0) is 11.1. The molecule has 0 bridgehead atoms. The molecule has 0 radical (unpaired) electrons. The van der Waals surface area contributed by atoms with Gasteiger partial charge in [-0.05, 0) is 30.7 Å². The van der Waals surface area contributed by atoms with Crippen molar-refractivity contribution in [3.05, 3.63) is 24.3 Å². The monoisotopic (exact) mass is 210 g/mol. The van der Waals surface area contributed by atoms with Gasteiger partial charge in [-0.15, -0.1) is 0 Å². The van der Waals surface area contributed by atoms with Gasteiger partial charge in [0.2, 0.25) is 0 Å². The van der Waals surface area contributed by atoms with Crippen LogP contribution in [0.3, 0.4) is 0 Å². The topological polar surface area (TPSA) is 69.7 Å². The molecule has 0 saturated heterocycles. The summed E-state index contributed by atoms with van der Waals surface area (Å²) in [7, 11) is 0. The molecule has 0 amide bonds. The number of aliphatic hydroxyl groups excluding tert-OH is 2. The Labute approximate surface area is 89.9 Å². The Balaban J connectivity index is 2.65. The van der Waals surface area contributed by atoms with Gasteiger partial charge in [-0.25, -0.2) is 0 Å². The lowest BCUT2D eigenvalue weighted by Gasteiger charge is -2.23. The molecule has 0 aliphatic rings. The van der Waals surface area contributed by atoms with Crippen LogP contribution >= 0.6 is 0 Å². The molecule has 0 aliphatic carbocycles. The summed E-state index contributed by atoms with van der Waals surface area (Å²) in [5.41, 5.74) is 7.34. The zero-order valence-electron chi connectivity index (χ0n) is 8.76. The van der Waals surface area contributed by atoms with Gasteiger partial charge in [0.25, 0.3) is 0 Å². The van der Waals surface area contributed by atoms with Crippen LogP contribution in [0.5, 0.6) is 0 Å². The van der Waals surface area contributed by atoms with Gasteiger partial charge in [-0.1, -0.05) is 0 Å². The smallest absolute Gasteiger partial charge is 0.0606 e. The summed E-state index contributed by atoms with van der Waals surface area (Å²) >= 11 is 0. The van der Waals surface area contributed by atoms with E-state index in [-0.39, 0.29) is 13.2 Å². The molecular weight excluding hydrogens is 192 g/mol. The van der Waals surface area contributed by atoms with Crippen LogP contribution < -0.4 is 10.6 Å². The van der Waals surface area contributed by atoms with E-state index >= 15 is 0 Å². The van der Waals surface area contributed by atoms with Crippen molar-refractivity contribution in [1.82, 2.24) is 0 Å². The van der Waals surface area contributed by atoms with Crippen LogP contribution in [0.15, 0.2) is 24.3 Å². The standard InChI is InChI=1S/C11H18N2O2/c12-10-2-4-11(5-3-10)13(7-9-15)6-1-8-14/h2-5,14-15H,1,6-9,12H2. The Bertz CT molecular complexity index is 274. The van der Waals surface area contributed by atoms with Crippen molar-refractivity contribution >= 4 is 11.4 Å². The largest absolute Gasteiger partial charge is 0.399 e. The minimum Gasteiger partial charge on any atom is -0.399 e. The first-order chi connectivity index (χ1) is 7.27. The molecule has 4 heteroatoms. The fraction of sp³-hybridized carbons (Fsp3) is 0.455. The number of nitrogens with zero attached hydrogens (tertiary/aromatic N) is 1. The predicted octanol–water partition coefficient (Wildman–Crippen LogP) is 0.450. The Hall–Kier alpha value is -1.26. The van der Waals surface area contributed by atoms with E-state index in [0.717, 1.165) is 17.9 Å². The highest BCUT2D eigenvalue weighted by molar-refractivity contribution is 5.53. The Morgan fingerprint density at radius 3 is 2.20 bits per heavy atom. The molecule has 1 aromatic rings. The molecule has 0 spiro atoms. The molecule has 4 N–H and O–H groups in total. The van der Waals surface area contributed by atoms with E-state index in [0.29, 0.717) is 13.0 Å². The number of nitrogens with two attached hydrogens (primary N) is 1. The van der Waals surface area contributed by atoms with E-state index in [2.05, 4.69) is 0 Å². The molecule has 0 aromatic heterocycles. The third-order valence-electron chi connectivity index (χ3n) is 2.21. The third-order valence-corrected chi connectivity index (χ3v) is 2.21. The van der Waals surface area contributed by atoms with Crippen LogP contribution in [0.2, 0.25) is 0 Å². The molecule has 15 heavy (non-hydrogen) atoms. The maximum atomic E-state index is 8.92. The summed E-state index contributed by atoms with van der Waals surface area (Å²) in [5, 5.41) is 17.7. The molecule has 0 fully saturated rings. The number of hydrogen-bond donors (Lipinski definition) is 3. The number of nitrogen functional groups attached to an aromatic ring is 1. The molecule has 1 aromatic carbocycles. The Morgan fingerprint density at radius 1 is 1.00 bits per heavy atom. The van der Waals surface area contributed by atoms with E-state index in [4.69, 9.17) is 15.9 Å². The second kappa shape index (κ2) is 6.27. The maximum absolute atomic E-state index is 8.92. The summed E-state index contributed by atoms with van der Waals surface area (Å²) < 4.78 is 0. The third kappa shape index (κ3) is 3.77. The quantitative estimate of drug-likeness (QED) is 0.596. The van der Waals surface area contributed by atoms with Crippen LogP contribution in [0.25, 0.3) is 0 Å². The van der Waals surface area contributed by atoms with Gasteiger partial charge in [0.15, 0.2) is 0 Å². The minimum atomic E-state index is 0.107. The van der Waals surface area contributed by atoms with Crippen LogP contribution in [-0.4, -0.2) is 36.5 Å². The highest BCUT2D eigenvalue weighted by atomic mass is 16.3. The van der Waals surface area contributed by atoms with E-state index < -0.39 is 0 Å². The average molecular weight is 210 g/mol. The van der Waals surface area contributed by atoms with E-state index in [1.807, 2.05) is 29.2 Å². The summed E-state index contributed by atoms with van der Waals surface area (Å²) in [6.45, 7) is 1.58. The SMILES string of the molecule is Nc1ccc(N(CCO)CCCO)cc1. The van der Waals surface area contributed by atoms with Crippen molar-refractivity contribution < 1.29 is 10.2 Å². The van der Waals surface area contributed by atoms with E-state index in [1.54, 1.807) is 0 Å². The number of hydrogen-bond acceptors (Lipinski definition) is 4. The van der Waals surface area contributed by atoms with Crippen molar-refractivity contribution in [1.29, 1.82) is 0 Å². The molecule has 4 nitrogen and oxygen atoms in total. The molecule has 1 rings (SSSR count). The van der Waals surface area contributed by atoms with Crippen molar-refractivity contribution in [3.63, 3.8) is 0 Å². The maximum Gasteiger partial charge on any atom is 0.0606 e. The number of benzene rings is 1. The highest BCUT2D eigenvalue weighted by Gasteiger charge is 2.04. The highest BCUT2D eigenvalue weighted by Crippen LogP contribution is 2.16. The lowest BCUT2D eigenvalue weighted by atomic mass is 10.2.